The van der Waals surface area contributed by atoms with Gasteiger partial charge in [-0.2, -0.15) is 5.26 Å². The Morgan fingerprint density at radius 2 is 1.91 bits per heavy atom. The average Bonchev–Trinajstić information content (AvgIpc) is 3.24. The predicted molar refractivity (Wildman–Crippen MR) is 91.1 cm³/mol. The van der Waals surface area contributed by atoms with E-state index < -0.39 is 0 Å². The van der Waals surface area contributed by atoms with Crippen LogP contribution in [0.5, 0.6) is 0 Å². The summed E-state index contributed by atoms with van der Waals surface area (Å²) in [4.78, 5) is 1.01. The Balaban J connectivity index is 1.84. The zero-order valence-electron chi connectivity index (χ0n) is 12.2. The van der Waals surface area contributed by atoms with Gasteiger partial charge in [0.2, 0.25) is 0 Å². The molecule has 0 spiro atoms. The average molecular weight is 316 g/mol. The minimum Gasteiger partial charge on any atom is -0.238 e. The first kappa shape index (κ1) is 13.7. The molecule has 4 nitrogen and oxygen atoms in total. The first-order valence-corrected chi connectivity index (χ1v) is 8.09. The van der Waals surface area contributed by atoms with Gasteiger partial charge in [-0.3, -0.25) is 0 Å². The first-order valence-electron chi connectivity index (χ1n) is 7.21. The van der Waals surface area contributed by atoms with Crippen LogP contribution in [0.1, 0.15) is 11.3 Å². The molecule has 2 aromatic heterocycles. The third-order valence-corrected chi connectivity index (χ3v) is 4.67. The van der Waals surface area contributed by atoms with Crippen molar-refractivity contribution in [3.63, 3.8) is 0 Å². The van der Waals surface area contributed by atoms with Gasteiger partial charge in [0, 0.05) is 0 Å². The summed E-state index contributed by atoms with van der Waals surface area (Å²) in [6, 6.07) is 20.6. The van der Waals surface area contributed by atoms with Crippen LogP contribution in [0.15, 0.2) is 60.0 Å². The molecule has 4 aromatic rings. The van der Waals surface area contributed by atoms with Crippen molar-refractivity contribution < 1.29 is 0 Å². The molecule has 0 aliphatic carbocycles. The minimum absolute atomic E-state index is 0.368. The smallest absolute Gasteiger partial charge is 0.191 e. The highest BCUT2D eigenvalue weighted by Crippen LogP contribution is 2.28. The van der Waals surface area contributed by atoms with E-state index in [0.29, 0.717) is 12.2 Å². The molecule has 0 aliphatic rings. The normalized spacial score (nSPS) is 10.7. The molecule has 2 heterocycles. The Morgan fingerprint density at radius 3 is 2.74 bits per heavy atom. The molecule has 0 fully saturated rings. The van der Waals surface area contributed by atoms with E-state index in [9.17, 15) is 5.26 Å². The van der Waals surface area contributed by atoms with Crippen LogP contribution in [0.3, 0.4) is 0 Å². The molecule has 0 radical (unpaired) electrons. The van der Waals surface area contributed by atoms with E-state index in [-0.39, 0.29) is 0 Å². The molecule has 4 rings (SSSR count). The molecule has 0 N–H and O–H groups in total. The summed E-state index contributed by atoms with van der Waals surface area (Å²) in [5.41, 5.74) is 2.32. The van der Waals surface area contributed by atoms with Crippen LogP contribution in [0.2, 0.25) is 0 Å². The topological polar surface area (TPSA) is 54.5 Å². The largest absolute Gasteiger partial charge is 0.238 e. The Bertz CT molecular complexity index is 1000. The Kier molecular flexibility index (Phi) is 3.37. The van der Waals surface area contributed by atoms with Crippen molar-refractivity contribution in [2.75, 3.05) is 0 Å². The van der Waals surface area contributed by atoms with Gasteiger partial charge in [0.15, 0.2) is 5.69 Å². The van der Waals surface area contributed by atoms with Gasteiger partial charge >= 0.3 is 0 Å². The van der Waals surface area contributed by atoms with Gasteiger partial charge in [-0.15, -0.1) is 16.4 Å². The third-order valence-electron chi connectivity index (χ3n) is 3.80. The fourth-order valence-corrected chi connectivity index (χ4v) is 3.52. The number of hydrogen-bond donors (Lipinski definition) is 0. The number of benzene rings is 2. The van der Waals surface area contributed by atoms with Gasteiger partial charge in [0.1, 0.15) is 11.8 Å². The van der Waals surface area contributed by atoms with Crippen molar-refractivity contribution in [2.24, 2.45) is 0 Å². The maximum absolute atomic E-state index is 9.31. The van der Waals surface area contributed by atoms with E-state index in [1.165, 1.54) is 10.8 Å². The van der Waals surface area contributed by atoms with E-state index >= 15 is 0 Å². The van der Waals surface area contributed by atoms with Gasteiger partial charge in [-0.05, 0) is 27.8 Å². The first-order chi connectivity index (χ1) is 11.4. The summed E-state index contributed by atoms with van der Waals surface area (Å²) in [5.74, 6) is 0. The van der Waals surface area contributed by atoms with Gasteiger partial charge in [-0.1, -0.05) is 53.7 Å². The number of fused-ring (bicyclic) bond motifs is 1. The quantitative estimate of drug-likeness (QED) is 0.572. The zero-order valence-corrected chi connectivity index (χ0v) is 13.0. The Hall–Kier alpha value is -2.97. The fourth-order valence-electron chi connectivity index (χ4n) is 2.75. The molecule has 2 aromatic carbocycles. The summed E-state index contributed by atoms with van der Waals surface area (Å²) >= 11 is 1.59. The highest BCUT2D eigenvalue weighted by Gasteiger charge is 2.16. The maximum Gasteiger partial charge on any atom is 0.191 e. The van der Waals surface area contributed by atoms with Crippen molar-refractivity contribution in [3.8, 4) is 16.6 Å². The molecular formula is C18H12N4S. The lowest BCUT2D eigenvalue weighted by Gasteiger charge is -2.08. The second-order valence-corrected chi connectivity index (χ2v) is 6.12. The monoisotopic (exact) mass is 316 g/mol. The molecule has 0 saturated heterocycles. The summed E-state index contributed by atoms with van der Waals surface area (Å²) in [6.45, 7) is 0.587. The second-order valence-electron chi connectivity index (χ2n) is 5.17. The van der Waals surface area contributed by atoms with E-state index in [2.05, 4.69) is 40.6 Å². The number of nitriles is 1. The fraction of sp³-hybridized carbons (Fsp3) is 0.0556. The number of aromatic nitrogens is 3. The lowest BCUT2D eigenvalue weighted by atomic mass is 10.0. The van der Waals surface area contributed by atoms with Crippen molar-refractivity contribution in [2.45, 2.75) is 6.54 Å². The summed E-state index contributed by atoms with van der Waals surface area (Å²) in [6.07, 6.45) is 0. The number of nitrogens with zero attached hydrogens (tertiary/aromatic N) is 4. The molecule has 23 heavy (non-hydrogen) atoms. The predicted octanol–water partition coefficient (Wildman–Crippen LogP) is 4.08. The molecule has 0 aliphatic heterocycles. The lowest BCUT2D eigenvalue weighted by Crippen LogP contribution is -2.04. The molecule has 0 saturated carbocycles. The molecule has 0 bridgehead atoms. The van der Waals surface area contributed by atoms with Crippen LogP contribution in [-0.4, -0.2) is 15.0 Å². The van der Waals surface area contributed by atoms with E-state index in [4.69, 9.17) is 0 Å². The maximum atomic E-state index is 9.31. The summed E-state index contributed by atoms with van der Waals surface area (Å²) in [7, 11) is 0. The lowest BCUT2D eigenvalue weighted by molar-refractivity contribution is 0.659. The van der Waals surface area contributed by atoms with Crippen molar-refractivity contribution >= 4 is 22.1 Å². The van der Waals surface area contributed by atoms with Gasteiger partial charge in [0.05, 0.1) is 11.4 Å². The second kappa shape index (κ2) is 5.67. The van der Waals surface area contributed by atoms with Crippen LogP contribution in [-0.2, 0) is 6.54 Å². The van der Waals surface area contributed by atoms with E-state index in [1.54, 1.807) is 11.3 Å². The van der Waals surface area contributed by atoms with Crippen LogP contribution in [0.4, 0.5) is 0 Å². The number of rotatable bonds is 3. The molecule has 0 amide bonds. The van der Waals surface area contributed by atoms with Gasteiger partial charge in [-0.25, -0.2) is 4.68 Å². The minimum atomic E-state index is 0.368. The highest BCUT2D eigenvalue weighted by atomic mass is 32.1. The van der Waals surface area contributed by atoms with E-state index in [1.807, 2.05) is 40.4 Å². The Labute approximate surface area is 137 Å². The van der Waals surface area contributed by atoms with Gasteiger partial charge in [0.25, 0.3) is 0 Å². The number of thiophene rings is 1. The van der Waals surface area contributed by atoms with Crippen LogP contribution >= 0.6 is 11.3 Å². The summed E-state index contributed by atoms with van der Waals surface area (Å²) in [5, 5.41) is 21.9. The van der Waals surface area contributed by atoms with E-state index in [0.717, 1.165) is 16.1 Å². The number of hydrogen-bond acceptors (Lipinski definition) is 4. The van der Waals surface area contributed by atoms with Crippen LogP contribution in [0.25, 0.3) is 21.3 Å². The Morgan fingerprint density at radius 1 is 1.04 bits per heavy atom. The standard InChI is InChI=1S/C18H12N4S/c19-11-16-18(17-9-4-10-23-17)22(21-20-16)12-14-7-3-6-13-5-1-2-8-15(13)14/h1-10H,12H2. The molecule has 5 heteroatoms. The van der Waals surface area contributed by atoms with Crippen LogP contribution in [0, 0.1) is 11.3 Å². The third kappa shape index (κ3) is 2.39. The molecular weight excluding hydrogens is 304 g/mol. The van der Waals surface area contributed by atoms with Gasteiger partial charge < -0.3 is 0 Å². The zero-order chi connectivity index (χ0) is 15.6. The summed E-state index contributed by atoms with van der Waals surface area (Å²) < 4.78 is 1.81. The SMILES string of the molecule is N#Cc1nnn(Cc2cccc3ccccc23)c1-c1cccs1. The van der Waals surface area contributed by atoms with Crippen molar-refractivity contribution in [1.82, 2.24) is 15.0 Å². The molecule has 110 valence electrons. The molecule has 0 unspecified atom stereocenters. The molecule has 0 atom stereocenters. The van der Waals surface area contributed by atoms with Crippen molar-refractivity contribution in [1.29, 1.82) is 5.26 Å². The van der Waals surface area contributed by atoms with Crippen LogP contribution < -0.4 is 0 Å². The highest BCUT2D eigenvalue weighted by molar-refractivity contribution is 7.13. The van der Waals surface area contributed by atoms with Crippen molar-refractivity contribution in [3.05, 3.63) is 71.2 Å².